The summed E-state index contributed by atoms with van der Waals surface area (Å²) >= 11 is 1.53. The predicted molar refractivity (Wildman–Crippen MR) is 95.7 cm³/mol. The molecule has 130 valence electrons. The minimum absolute atomic E-state index is 0.126. The van der Waals surface area contributed by atoms with Crippen molar-refractivity contribution in [3.8, 4) is 0 Å². The fourth-order valence-corrected chi connectivity index (χ4v) is 3.89. The van der Waals surface area contributed by atoms with E-state index in [4.69, 9.17) is 0 Å². The SMILES string of the molecule is Cc1nn2cc(CNC(=O)c3cncc(CC4CCNC4)c3)nc2s1. The molecular formula is C17H20N6OS. The number of imidazole rings is 1. The lowest BCUT2D eigenvalue weighted by molar-refractivity contribution is 0.0950. The van der Waals surface area contributed by atoms with Crippen molar-refractivity contribution in [2.24, 2.45) is 5.92 Å². The van der Waals surface area contributed by atoms with Gasteiger partial charge < -0.3 is 10.6 Å². The second kappa shape index (κ2) is 6.89. The van der Waals surface area contributed by atoms with Gasteiger partial charge in [0, 0.05) is 12.4 Å². The minimum atomic E-state index is -0.126. The quantitative estimate of drug-likeness (QED) is 0.725. The summed E-state index contributed by atoms with van der Waals surface area (Å²) in [5.41, 5.74) is 2.51. The van der Waals surface area contributed by atoms with Crippen LogP contribution in [-0.4, -0.2) is 38.6 Å². The summed E-state index contributed by atoms with van der Waals surface area (Å²) in [6, 6.07) is 1.94. The van der Waals surface area contributed by atoms with Crippen molar-refractivity contribution < 1.29 is 4.79 Å². The van der Waals surface area contributed by atoms with Crippen LogP contribution >= 0.6 is 11.3 Å². The van der Waals surface area contributed by atoms with Crippen molar-refractivity contribution in [3.05, 3.63) is 46.5 Å². The van der Waals surface area contributed by atoms with Gasteiger partial charge in [-0.2, -0.15) is 5.10 Å². The highest BCUT2D eigenvalue weighted by atomic mass is 32.1. The Bertz CT molecular complexity index is 864. The van der Waals surface area contributed by atoms with E-state index >= 15 is 0 Å². The van der Waals surface area contributed by atoms with E-state index in [2.05, 4.69) is 25.7 Å². The number of nitrogens with one attached hydrogen (secondary N) is 2. The molecule has 1 amide bonds. The maximum atomic E-state index is 12.4. The van der Waals surface area contributed by atoms with Crippen molar-refractivity contribution in [2.75, 3.05) is 13.1 Å². The molecule has 2 N–H and O–H groups in total. The Labute approximate surface area is 149 Å². The first-order valence-corrected chi connectivity index (χ1v) is 9.23. The maximum absolute atomic E-state index is 12.4. The van der Waals surface area contributed by atoms with Crippen LogP contribution in [0.1, 0.15) is 33.0 Å². The van der Waals surface area contributed by atoms with Crippen LogP contribution in [-0.2, 0) is 13.0 Å². The van der Waals surface area contributed by atoms with Crippen LogP contribution in [0.3, 0.4) is 0 Å². The molecule has 1 atom stereocenters. The Kier molecular flexibility index (Phi) is 4.46. The van der Waals surface area contributed by atoms with Crippen molar-refractivity contribution in [3.63, 3.8) is 0 Å². The van der Waals surface area contributed by atoms with Crippen molar-refractivity contribution in [1.29, 1.82) is 0 Å². The highest BCUT2D eigenvalue weighted by molar-refractivity contribution is 7.16. The zero-order chi connectivity index (χ0) is 17.2. The van der Waals surface area contributed by atoms with Gasteiger partial charge in [0.2, 0.25) is 4.96 Å². The van der Waals surface area contributed by atoms with E-state index in [1.54, 1.807) is 10.7 Å². The summed E-state index contributed by atoms with van der Waals surface area (Å²) in [4.78, 5) is 21.9. The summed E-state index contributed by atoms with van der Waals surface area (Å²) in [6.07, 6.45) is 7.46. The van der Waals surface area contributed by atoms with Crippen LogP contribution in [0.2, 0.25) is 0 Å². The van der Waals surface area contributed by atoms with Crippen molar-refractivity contribution >= 4 is 22.2 Å². The zero-order valence-corrected chi connectivity index (χ0v) is 14.8. The molecule has 3 aromatic heterocycles. The summed E-state index contributed by atoms with van der Waals surface area (Å²) in [7, 11) is 0. The number of carbonyl (C=O) groups excluding carboxylic acids is 1. The fourth-order valence-electron chi connectivity index (χ4n) is 3.15. The molecule has 1 unspecified atom stereocenters. The molecule has 7 nitrogen and oxygen atoms in total. The topological polar surface area (TPSA) is 84.2 Å². The van der Waals surface area contributed by atoms with Crippen molar-refractivity contribution in [2.45, 2.75) is 26.3 Å². The first-order chi connectivity index (χ1) is 12.2. The van der Waals surface area contributed by atoms with Crippen LogP contribution < -0.4 is 10.6 Å². The Morgan fingerprint density at radius 2 is 2.40 bits per heavy atom. The molecule has 1 aliphatic heterocycles. The van der Waals surface area contributed by atoms with Gasteiger partial charge >= 0.3 is 0 Å². The maximum Gasteiger partial charge on any atom is 0.253 e. The predicted octanol–water partition coefficient (Wildman–Crippen LogP) is 1.58. The first kappa shape index (κ1) is 16.2. The van der Waals surface area contributed by atoms with Crippen LogP contribution in [0, 0.1) is 12.8 Å². The molecule has 0 aromatic carbocycles. The van der Waals surface area contributed by atoms with E-state index in [0.717, 1.165) is 40.7 Å². The summed E-state index contributed by atoms with van der Waals surface area (Å²) in [5.74, 6) is 0.508. The normalized spacial score (nSPS) is 17.2. The lowest BCUT2D eigenvalue weighted by atomic mass is 9.99. The molecule has 0 spiro atoms. The van der Waals surface area contributed by atoms with Gasteiger partial charge in [0.1, 0.15) is 5.01 Å². The lowest BCUT2D eigenvalue weighted by Gasteiger charge is -2.09. The molecule has 4 rings (SSSR count). The number of hydrogen-bond acceptors (Lipinski definition) is 6. The average molecular weight is 356 g/mol. The van der Waals surface area contributed by atoms with E-state index in [0.29, 0.717) is 18.0 Å². The number of hydrogen-bond donors (Lipinski definition) is 2. The average Bonchev–Trinajstić information content (AvgIpc) is 3.29. The molecule has 25 heavy (non-hydrogen) atoms. The third kappa shape index (κ3) is 3.69. The first-order valence-electron chi connectivity index (χ1n) is 8.42. The molecule has 3 aromatic rings. The largest absolute Gasteiger partial charge is 0.346 e. The Hall–Kier alpha value is -2.32. The Balaban J connectivity index is 1.39. The van der Waals surface area contributed by atoms with Gasteiger partial charge in [0.05, 0.1) is 24.0 Å². The molecule has 0 bridgehead atoms. The fraction of sp³-hybridized carbons (Fsp3) is 0.412. The molecule has 1 fully saturated rings. The van der Waals surface area contributed by atoms with Gasteiger partial charge in [-0.25, -0.2) is 9.50 Å². The van der Waals surface area contributed by atoms with Crippen molar-refractivity contribution in [1.82, 2.24) is 30.2 Å². The number of amides is 1. The highest BCUT2D eigenvalue weighted by Gasteiger charge is 2.16. The van der Waals surface area contributed by atoms with Gasteiger partial charge in [0.15, 0.2) is 0 Å². The number of aromatic nitrogens is 4. The minimum Gasteiger partial charge on any atom is -0.346 e. The van der Waals surface area contributed by atoms with Gasteiger partial charge in [0.25, 0.3) is 5.91 Å². The van der Waals surface area contributed by atoms with Gasteiger partial charge in [-0.3, -0.25) is 9.78 Å². The standard InChI is InChI=1S/C17H20N6OS/c1-11-22-23-10-15(21-17(23)25-11)9-20-16(24)14-5-13(7-19-8-14)4-12-2-3-18-6-12/h5,7-8,10,12,18H,2-4,6,9H2,1H3,(H,20,24). The third-order valence-corrected chi connectivity index (χ3v) is 5.21. The molecule has 0 aliphatic carbocycles. The van der Waals surface area contributed by atoms with E-state index < -0.39 is 0 Å². The van der Waals surface area contributed by atoms with Crippen LogP contribution in [0.4, 0.5) is 0 Å². The monoisotopic (exact) mass is 356 g/mol. The molecule has 1 aliphatic rings. The van der Waals surface area contributed by atoms with E-state index in [9.17, 15) is 4.79 Å². The Morgan fingerprint density at radius 1 is 1.48 bits per heavy atom. The van der Waals surface area contributed by atoms with Crippen LogP contribution in [0.25, 0.3) is 4.96 Å². The summed E-state index contributed by atoms with van der Waals surface area (Å²) < 4.78 is 1.75. The van der Waals surface area contributed by atoms with Crippen LogP contribution in [0.15, 0.2) is 24.7 Å². The number of rotatable bonds is 5. The molecule has 4 heterocycles. The van der Waals surface area contributed by atoms with E-state index in [-0.39, 0.29) is 5.91 Å². The smallest absolute Gasteiger partial charge is 0.253 e. The van der Waals surface area contributed by atoms with Crippen LogP contribution in [0.5, 0.6) is 0 Å². The summed E-state index contributed by atoms with van der Waals surface area (Å²) in [5, 5.41) is 11.6. The molecule has 1 saturated heterocycles. The highest BCUT2D eigenvalue weighted by Crippen LogP contribution is 2.16. The second-order valence-electron chi connectivity index (χ2n) is 6.41. The lowest BCUT2D eigenvalue weighted by Crippen LogP contribution is -2.23. The summed E-state index contributed by atoms with van der Waals surface area (Å²) in [6.45, 7) is 4.45. The number of aryl methyl sites for hydroxylation is 1. The molecule has 0 saturated carbocycles. The number of nitrogens with zero attached hydrogens (tertiary/aromatic N) is 4. The number of fused-ring (bicyclic) bond motifs is 1. The number of carbonyl (C=O) groups is 1. The third-order valence-electron chi connectivity index (χ3n) is 4.37. The molecule has 8 heteroatoms. The van der Waals surface area contributed by atoms with Gasteiger partial charge in [-0.1, -0.05) is 11.3 Å². The van der Waals surface area contributed by atoms with E-state index in [1.165, 1.54) is 17.8 Å². The molecule has 0 radical (unpaired) electrons. The molecular weight excluding hydrogens is 336 g/mol. The second-order valence-corrected chi connectivity index (χ2v) is 7.57. The number of pyridine rings is 1. The van der Waals surface area contributed by atoms with Gasteiger partial charge in [-0.05, 0) is 50.4 Å². The zero-order valence-electron chi connectivity index (χ0n) is 14.0. The van der Waals surface area contributed by atoms with E-state index in [1.807, 2.05) is 25.4 Å². The van der Waals surface area contributed by atoms with Gasteiger partial charge in [-0.15, -0.1) is 0 Å². The Morgan fingerprint density at radius 3 is 3.20 bits per heavy atom.